The van der Waals surface area contributed by atoms with Gasteiger partial charge in [0.1, 0.15) is 4.21 Å². The third kappa shape index (κ3) is 6.15. The van der Waals surface area contributed by atoms with E-state index in [9.17, 15) is 8.42 Å². The van der Waals surface area contributed by atoms with Crippen molar-refractivity contribution in [2.75, 3.05) is 27.2 Å². The Morgan fingerprint density at radius 1 is 1.12 bits per heavy atom. The first kappa shape index (κ1) is 19.4. The van der Waals surface area contributed by atoms with Gasteiger partial charge in [-0.1, -0.05) is 30.3 Å². The second-order valence-corrected chi connectivity index (χ2v) is 8.99. The lowest BCUT2D eigenvalue weighted by molar-refractivity contribution is 0.568. The second kappa shape index (κ2) is 8.98. The molecule has 1 aromatic heterocycles. The highest BCUT2D eigenvalue weighted by atomic mass is 32.2. The van der Waals surface area contributed by atoms with Gasteiger partial charge in [-0.15, -0.1) is 11.3 Å². The summed E-state index contributed by atoms with van der Waals surface area (Å²) in [6.07, 6.45) is 0. The standard InChI is InChI=1S/C17H24N4O2S2/c1-14-9-10-16(24-14)25(22,23)20-12-11-18-17(21(2)3)19-13-15-7-5-4-6-8-15/h4-10,20H,11-13H2,1-3H3,(H,18,19). The maximum absolute atomic E-state index is 12.2. The van der Waals surface area contributed by atoms with Gasteiger partial charge in [-0.05, 0) is 24.6 Å². The molecule has 6 nitrogen and oxygen atoms in total. The molecule has 8 heteroatoms. The molecular weight excluding hydrogens is 356 g/mol. The Morgan fingerprint density at radius 3 is 2.44 bits per heavy atom. The third-order valence-corrected chi connectivity index (χ3v) is 6.31. The molecule has 2 N–H and O–H groups in total. The number of nitrogens with one attached hydrogen (secondary N) is 2. The molecule has 0 atom stereocenters. The second-order valence-electron chi connectivity index (χ2n) is 5.71. The topological polar surface area (TPSA) is 73.8 Å². The Kier molecular flexibility index (Phi) is 6.98. The highest BCUT2D eigenvalue weighted by Crippen LogP contribution is 2.19. The number of rotatable bonds is 7. The number of hydrogen-bond donors (Lipinski definition) is 2. The van der Waals surface area contributed by atoms with E-state index in [1.54, 1.807) is 12.1 Å². The van der Waals surface area contributed by atoms with Gasteiger partial charge in [0.05, 0.1) is 6.54 Å². The zero-order valence-corrected chi connectivity index (χ0v) is 16.3. The number of benzene rings is 1. The summed E-state index contributed by atoms with van der Waals surface area (Å²) < 4.78 is 27.3. The summed E-state index contributed by atoms with van der Waals surface area (Å²) in [7, 11) is 0.359. The molecule has 25 heavy (non-hydrogen) atoms. The van der Waals surface area contributed by atoms with E-state index in [0.29, 0.717) is 17.3 Å². The molecule has 2 aromatic rings. The first-order chi connectivity index (χ1) is 11.9. The van der Waals surface area contributed by atoms with Crippen LogP contribution < -0.4 is 10.0 Å². The summed E-state index contributed by atoms with van der Waals surface area (Å²) in [5.74, 6) is 0.718. The fraction of sp³-hybridized carbons (Fsp3) is 0.353. The van der Waals surface area contributed by atoms with E-state index >= 15 is 0 Å². The Hall–Kier alpha value is -1.90. The van der Waals surface area contributed by atoms with Crippen molar-refractivity contribution >= 4 is 27.3 Å². The molecule has 0 saturated heterocycles. The van der Waals surface area contributed by atoms with Crippen LogP contribution in [0.5, 0.6) is 0 Å². The number of guanidine groups is 1. The Balaban J connectivity index is 1.85. The molecule has 0 saturated carbocycles. The van der Waals surface area contributed by atoms with Gasteiger partial charge < -0.3 is 10.2 Å². The average molecular weight is 381 g/mol. The van der Waals surface area contributed by atoms with Crippen LogP contribution in [0.15, 0.2) is 51.7 Å². The van der Waals surface area contributed by atoms with Crippen molar-refractivity contribution in [3.8, 4) is 0 Å². The van der Waals surface area contributed by atoms with Crippen LogP contribution >= 0.6 is 11.3 Å². The van der Waals surface area contributed by atoms with Crippen molar-refractivity contribution in [2.45, 2.75) is 17.7 Å². The smallest absolute Gasteiger partial charge is 0.250 e. The lowest BCUT2D eigenvalue weighted by atomic mass is 10.2. The molecule has 0 amide bonds. The van der Waals surface area contributed by atoms with E-state index in [4.69, 9.17) is 0 Å². The molecule has 0 spiro atoms. The molecule has 0 bridgehead atoms. The number of hydrogen-bond acceptors (Lipinski definition) is 4. The van der Waals surface area contributed by atoms with Gasteiger partial charge >= 0.3 is 0 Å². The van der Waals surface area contributed by atoms with Crippen molar-refractivity contribution in [3.05, 3.63) is 52.9 Å². The Bertz CT molecular complexity index is 799. The van der Waals surface area contributed by atoms with Crippen LogP contribution in [-0.2, 0) is 16.6 Å². The van der Waals surface area contributed by atoms with Gasteiger partial charge in [-0.2, -0.15) is 0 Å². The van der Waals surface area contributed by atoms with Crippen molar-refractivity contribution in [2.24, 2.45) is 4.99 Å². The Morgan fingerprint density at radius 2 is 1.84 bits per heavy atom. The van der Waals surface area contributed by atoms with Gasteiger partial charge in [0, 0.05) is 32.1 Å². The summed E-state index contributed by atoms with van der Waals surface area (Å²) in [6.45, 7) is 3.20. The summed E-state index contributed by atoms with van der Waals surface area (Å²) in [5, 5.41) is 3.17. The van der Waals surface area contributed by atoms with Crippen molar-refractivity contribution in [1.29, 1.82) is 0 Å². The molecule has 0 aliphatic heterocycles. The van der Waals surface area contributed by atoms with Crippen LogP contribution in [0.2, 0.25) is 0 Å². The highest BCUT2D eigenvalue weighted by Gasteiger charge is 2.15. The lowest BCUT2D eigenvalue weighted by Gasteiger charge is -2.17. The predicted molar refractivity (Wildman–Crippen MR) is 104 cm³/mol. The number of nitrogens with zero attached hydrogens (tertiary/aromatic N) is 2. The molecule has 0 aliphatic carbocycles. The third-order valence-electron chi connectivity index (χ3n) is 3.36. The molecule has 0 aliphatic rings. The van der Waals surface area contributed by atoms with Crippen molar-refractivity contribution in [3.63, 3.8) is 0 Å². The maximum atomic E-state index is 12.2. The quantitative estimate of drug-likeness (QED) is 0.438. The first-order valence-electron chi connectivity index (χ1n) is 7.94. The molecule has 136 valence electrons. The van der Waals surface area contributed by atoms with E-state index in [1.165, 1.54) is 11.3 Å². The summed E-state index contributed by atoms with van der Waals surface area (Å²) >= 11 is 1.27. The lowest BCUT2D eigenvalue weighted by Crippen LogP contribution is -2.40. The predicted octanol–water partition coefficient (Wildman–Crippen LogP) is 2.04. The summed E-state index contributed by atoms with van der Waals surface area (Å²) in [4.78, 5) is 7.39. The van der Waals surface area contributed by atoms with Crippen molar-refractivity contribution in [1.82, 2.24) is 14.9 Å². The van der Waals surface area contributed by atoms with Crippen LogP contribution in [0.4, 0.5) is 0 Å². The zero-order valence-electron chi connectivity index (χ0n) is 14.7. The SMILES string of the molecule is Cc1ccc(S(=O)(=O)NCCNC(=NCc2ccccc2)N(C)C)s1. The molecule has 0 unspecified atom stereocenters. The van der Waals surface area contributed by atoms with Gasteiger partial charge in [0.25, 0.3) is 0 Å². The largest absolute Gasteiger partial charge is 0.355 e. The van der Waals surface area contributed by atoms with Crippen LogP contribution in [-0.4, -0.2) is 46.5 Å². The van der Waals surface area contributed by atoms with Crippen LogP contribution in [0.25, 0.3) is 0 Å². The molecule has 0 radical (unpaired) electrons. The number of sulfonamides is 1. The molecule has 1 heterocycles. The van der Waals surface area contributed by atoms with E-state index < -0.39 is 10.0 Å². The summed E-state index contributed by atoms with van der Waals surface area (Å²) in [5.41, 5.74) is 1.12. The molecule has 1 aromatic carbocycles. The molecular formula is C17H24N4O2S2. The number of aliphatic imine (C=N–C) groups is 1. The fourth-order valence-electron chi connectivity index (χ4n) is 2.09. The number of aryl methyl sites for hydroxylation is 1. The monoisotopic (exact) mass is 380 g/mol. The van der Waals surface area contributed by atoms with Crippen LogP contribution in [0.1, 0.15) is 10.4 Å². The number of thiophene rings is 1. The van der Waals surface area contributed by atoms with Gasteiger partial charge in [-0.3, -0.25) is 0 Å². The van der Waals surface area contributed by atoms with Gasteiger partial charge in [0.15, 0.2) is 5.96 Å². The normalized spacial score (nSPS) is 12.2. The minimum Gasteiger partial charge on any atom is -0.355 e. The molecule has 0 fully saturated rings. The fourth-order valence-corrected chi connectivity index (χ4v) is 4.45. The first-order valence-corrected chi connectivity index (χ1v) is 10.2. The minimum atomic E-state index is -3.44. The highest BCUT2D eigenvalue weighted by molar-refractivity contribution is 7.91. The summed E-state index contributed by atoms with van der Waals surface area (Å²) in [6, 6.07) is 13.4. The Labute approximate surface area is 153 Å². The van der Waals surface area contributed by atoms with Crippen molar-refractivity contribution < 1.29 is 8.42 Å². The van der Waals surface area contributed by atoms with E-state index in [-0.39, 0.29) is 6.54 Å². The van der Waals surface area contributed by atoms with E-state index in [1.807, 2.05) is 56.3 Å². The van der Waals surface area contributed by atoms with E-state index in [0.717, 1.165) is 16.4 Å². The zero-order chi connectivity index (χ0) is 18.3. The minimum absolute atomic E-state index is 0.289. The maximum Gasteiger partial charge on any atom is 0.250 e. The molecule has 2 rings (SSSR count). The van der Waals surface area contributed by atoms with Crippen LogP contribution in [0, 0.1) is 6.92 Å². The van der Waals surface area contributed by atoms with Gasteiger partial charge in [0.2, 0.25) is 10.0 Å². The average Bonchev–Trinajstić information content (AvgIpc) is 3.02. The van der Waals surface area contributed by atoms with Gasteiger partial charge in [-0.25, -0.2) is 18.1 Å². The van der Waals surface area contributed by atoms with Crippen LogP contribution in [0.3, 0.4) is 0 Å². The van der Waals surface area contributed by atoms with E-state index in [2.05, 4.69) is 15.0 Å².